The number of hydrogen-bond acceptors (Lipinski definition) is 4. The molecule has 0 aliphatic heterocycles. The van der Waals surface area contributed by atoms with Crippen molar-refractivity contribution < 1.29 is 60.4 Å². The van der Waals surface area contributed by atoms with Crippen molar-refractivity contribution in [2.45, 2.75) is 207 Å². The largest absolute Gasteiger partial charge is 0.373 e. The molecule has 0 unspecified atom stereocenters. The van der Waals surface area contributed by atoms with E-state index in [1.54, 1.807) is 0 Å². The molecule has 4 nitrogen and oxygen atoms in total. The van der Waals surface area contributed by atoms with Crippen LogP contribution in [0.4, 0.5) is 0 Å². The summed E-state index contributed by atoms with van der Waals surface area (Å²) >= 11 is 0. The Hall–Kier alpha value is 3.46. The second-order valence-corrected chi connectivity index (χ2v) is 31.8. The summed E-state index contributed by atoms with van der Waals surface area (Å²) in [5.41, 5.74) is 0. The quantitative estimate of drug-likeness (QED) is 0.144. The first-order chi connectivity index (χ1) is 16.6. The third kappa shape index (κ3) is 33.9. The van der Waals surface area contributed by atoms with Crippen LogP contribution in [0, 0.1) is 0 Å². The molecule has 0 aliphatic carbocycles. The average Bonchev–Trinajstić information content (AvgIpc) is 2.61. The van der Waals surface area contributed by atoms with Crippen molar-refractivity contribution in [3.63, 3.8) is 0 Å². The molecule has 0 fully saturated rings. The maximum absolute atomic E-state index is 9.79. The second kappa shape index (κ2) is 23.8. The molecule has 4 N–H and O–H groups in total. The van der Waals surface area contributed by atoms with Crippen LogP contribution in [0.15, 0.2) is 0 Å². The summed E-state index contributed by atoms with van der Waals surface area (Å²) in [5.74, 6) is 0. The Morgan fingerprint density at radius 1 is 0.227 bits per heavy atom. The first-order valence-electron chi connectivity index (χ1n) is 14.6. The van der Waals surface area contributed by atoms with Crippen molar-refractivity contribution in [2.75, 3.05) is 0 Å². The Morgan fingerprint density at radius 2 is 0.273 bits per heavy atom. The molecule has 0 amide bonds. The predicted octanol–water partition coefficient (Wildman–Crippen LogP) is 12.7. The summed E-state index contributed by atoms with van der Waals surface area (Å²) in [4.78, 5) is 39.1. The molecule has 12 heteroatoms. The van der Waals surface area contributed by atoms with Crippen molar-refractivity contribution in [1.82, 2.24) is 0 Å². The van der Waals surface area contributed by atoms with Gasteiger partial charge in [0.25, 0.3) is 0 Å². The molecule has 44 heavy (non-hydrogen) atoms. The van der Waals surface area contributed by atoms with Gasteiger partial charge in [-0.3, -0.25) is 0 Å². The monoisotopic (exact) mass is 932 g/mol. The Bertz CT molecular complexity index is 517. The number of rotatable bonds is 0. The van der Waals surface area contributed by atoms with Gasteiger partial charge in [-0.25, -0.2) is 0 Å². The van der Waals surface area contributed by atoms with Gasteiger partial charge in [-0.1, -0.05) is 166 Å². The van der Waals surface area contributed by atoms with E-state index in [1.807, 2.05) is 0 Å². The molecule has 0 saturated heterocycles. The van der Waals surface area contributed by atoms with Gasteiger partial charge in [0.2, 0.25) is 0 Å². The Morgan fingerprint density at radius 3 is 0.273 bits per heavy atom. The molecule has 0 rings (SSSR count). The molecule has 0 spiro atoms. The fraction of sp³-hybridized carbons (Fsp3) is 1.00. The van der Waals surface area contributed by atoms with Crippen LogP contribution in [0.2, 0.25) is 0 Å². The molecule has 0 atom stereocenters. The molecule has 0 aliphatic rings. The van der Waals surface area contributed by atoms with Crippen LogP contribution in [-0.2, 0) is 40.8 Å². The SMILES string of the molecule is CC(C)(C)P(O)C(C)(C)C.CC(C)(C)P(O)C(C)(C)C.CC(C)(C)P(O)C(C)(C)C.CC(C)(C)P(O)C(C)(C)C.Cl.Cl.[Pd].[Pd]. The minimum atomic E-state index is -0.863. The van der Waals surface area contributed by atoms with Crippen LogP contribution in [0.25, 0.3) is 0 Å². The van der Waals surface area contributed by atoms with E-state index in [9.17, 15) is 19.6 Å². The first kappa shape index (κ1) is 65.8. The fourth-order valence-electron chi connectivity index (χ4n) is 4.02. The van der Waals surface area contributed by atoms with Gasteiger partial charge in [0.05, 0.1) is 0 Å². The van der Waals surface area contributed by atoms with Gasteiger partial charge in [-0.2, -0.15) is 0 Å². The van der Waals surface area contributed by atoms with E-state index in [0.29, 0.717) is 0 Å². The van der Waals surface area contributed by atoms with Crippen LogP contribution >= 0.6 is 57.4 Å². The molecular weight excluding hydrogens is 856 g/mol. The molecule has 0 radical (unpaired) electrons. The molecule has 0 aromatic carbocycles. The third-order valence-corrected chi connectivity index (χ3v) is 15.2. The van der Waals surface area contributed by atoms with E-state index in [0.717, 1.165) is 0 Å². The molecule has 0 aromatic rings. The number of halogens is 2. The van der Waals surface area contributed by atoms with E-state index in [1.165, 1.54) is 0 Å². The zero-order chi connectivity index (χ0) is 34.3. The van der Waals surface area contributed by atoms with Crippen LogP contribution in [0.1, 0.15) is 166 Å². The topological polar surface area (TPSA) is 80.9 Å². The molecule has 0 heterocycles. The zero-order valence-corrected chi connectivity index (χ0v) is 41.3. The summed E-state index contributed by atoms with van der Waals surface area (Å²) in [7, 11) is -3.45. The van der Waals surface area contributed by atoms with Crippen molar-refractivity contribution in [3.05, 3.63) is 0 Å². The molecule has 0 aromatic heterocycles. The van der Waals surface area contributed by atoms with Crippen molar-refractivity contribution in [3.8, 4) is 0 Å². The minimum absolute atomic E-state index is 0. The van der Waals surface area contributed by atoms with E-state index >= 15 is 0 Å². The summed E-state index contributed by atoms with van der Waals surface area (Å²) in [6, 6.07) is 0. The minimum Gasteiger partial charge on any atom is -0.373 e. The van der Waals surface area contributed by atoms with Gasteiger partial charge in [-0.15, -0.1) is 24.8 Å². The van der Waals surface area contributed by atoms with E-state index in [4.69, 9.17) is 0 Å². The Labute approximate surface area is 322 Å². The van der Waals surface area contributed by atoms with Gasteiger partial charge in [-0.05, 0) is 0 Å². The Balaban J connectivity index is -0.0000000635. The van der Waals surface area contributed by atoms with Crippen molar-refractivity contribution in [1.29, 1.82) is 0 Å². The predicted molar refractivity (Wildman–Crippen MR) is 209 cm³/mol. The van der Waals surface area contributed by atoms with Gasteiger partial charge in [0.1, 0.15) is 0 Å². The van der Waals surface area contributed by atoms with Crippen LogP contribution < -0.4 is 0 Å². The average molecular weight is 935 g/mol. The van der Waals surface area contributed by atoms with E-state index in [2.05, 4.69) is 166 Å². The molecular formula is C32H78Cl2O4P4Pd2. The summed E-state index contributed by atoms with van der Waals surface area (Å²) in [6.07, 6.45) is 0. The number of hydrogen-bond donors (Lipinski definition) is 4. The molecule has 0 bridgehead atoms. The third-order valence-electron chi connectivity index (χ3n) is 5.08. The standard InChI is InChI=1S/4C8H19OP.2ClH.2Pd/c4*1-7(2,3)10(9)8(4,5)6;;;;/h4*9H,1-6H3;2*1H;;. The summed E-state index contributed by atoms with van der Waals surface area (Å²) < 4.78 is 0. The van der Waals surface area contributed by atoms with Gasteiger partial charge < -0.3 is 19.6 Å². The smallest absolute Gasteiger partial charge is 0.0361 e. The Kier molecular flexibility index (Phi) is 35.7. The van der Waals surface area contributed by atoms with Crippen LogP contribution in [0.3, 0.4) is 0 Å². The normalized spacial score (nSPS) is 13.1. The van der Waals surface area contributed by atoms with Crippen LogP contribution in [-0.4, -0.2) is 60.8 Å². The van der Waals surface area contributed by atoms with E-state index < -0.39 is 32.6 Å². The fourth-order valence-corrected chi connectivity index (χ4v) is 12.1. The van der Waals surface area contributed by atoms with Gasteiger partial charge in [0.15, 0.2) is 0 Å². The van der Waals surface area contributed by atoms with Crippen molar-refractivity contribution in [2.24, 2.45) is 0 Å². The summed E-state index contributed by atoms with van der Waals surface area (Å²) in [5, 5.41) is 0.505. The molecule has 0 saturated carbocycles. The van der Waals surface area contributed by atoms with Gasteiger partial charge >= 0.3 is 0 Å². The second-order valence-electron chi connectivity index (χ2n) is 18.6. The first-order valence-corrected chi connectivity index (χ1v) is 19.8. The van der Waals surface area contributed by atoms with Crippen molar-refractivity contribution >= 4 is 57.4 Å². The van der Waals surface area contributed by atoms with Gasteiger partial charge in [0, 0.05) is 115 Å². The maximum Gasteiger partial charge on any atom is 0.0361 e. The molecule has 284 valence electrons. The zero-order valence-electron chi connectivity index (χ0n) is 33.0. The van der Waals surface area contributed by atoms with Crippen LogP contribution in [0.5, 0.6) is 0 Å². The van der Waals surface area contributed by atoms with E-state index in [-0.39, 0.29) is 107 Å². The summed E-state index contributed by atoms with van der Waals surface area (Å²) in [6.45, 7) is 50.1. The maximum atomic E-state index is 9.79.